The van der Waals surface area contributed by atoms with Gasteiger partial charge in [0, 0.05) is 22.7 Å². The normalized spacial score (nSPS) is 12.5. The third-order valence-electron chi connectivity index (χ3n) is 3.88. The lowest BCUT2D eigenvalue weighted by Gasteiger charge is -2.07. The Kier molecular flexibility index (Phi) is 3.40. The first kappa shape index (κ1) is 14.6. The van der Waals surface area contributed by atoms with Crippen LogP contribution in [0.15, 0.2) is 30.5 Å². The average Bonchev–Trinajstić information content (AvgIpc) is 3.18. The third-order valence-corrected chi connectivity index (χ3v) is 5.09. The van der Waals surface area contributed by atoms with E-state index in [0.717, 1.165) is 28.1 Å². The number of fused-ring (bicyclic) bond motifs is 3. The molecule has 0 fully saturated rings. The molecule has 2 N–H and O–H groups in total. The van der Waals surface area contributed by atoms with Gasteiger partial charge in [-0.3, -0.25) is 4.79 Å². The number of anilines is 1. The van der Waals surface area contributed by atoms with Crippen LogP contribution in [-0.2, 0) is 6.42 Å². The van der Waals surface area contributed by atoms with E-state index >= 15 is 0 Å². The number of H-pyrrole nitrogens is 1. The molecule has 3 aromatic rings. The van der Waals surface area contributed by atoms with Gasteiger partial charge in [0.2, 0.25) is 5.78 Å². The second-order valence-electron chi connectivity index (χ2n) is 5.42. The number of nitrogens with one attached hydrogen (secondary N) is 2. The van der Waals surface area contributed by atoms with Crippen LogP contribution in [0.3, 0.4) is 0 Å². The summed E-state index contributed by atoms with van der Waals surface area (Å²) in [6, 6.07) is 8.39. The van der Waals surface area contributed by atoms with Crippen LogP contribution >= 0.6 is 11.3 Å². The Bertz CT molecular complexity index is 998. The van der Waals surface area contributed by atoms with Crippen LogP contribution in [0.1, 0.15) is 26.8 Å². The summed E-state index contributed by atoms with van der Waals surface area (Å²) in [4.78, 5) is 20.8. The number of aromatic amines is 1. The maximum absolute atomic E-state index is 13.5. The molecule has 0 bridgehead atoms. The smallest absolute Gasteiger partial charge is 0.238 e. The number of imidazole rings is 1. The quantitative estimate of drug-likeness (QED) is 0.702. The number of halogens is 1. The highest BCUT2D eigenvalue weighted by Crippen LogP contribution is 2.40. The van der Waals surface area contributed by atoms with Gasteiger partial charge in [-0.25, -0.2) is 9.37 Å². The topological polar surface area (TPSA) is 81.6 Å². The van der Waals surface area contributed by atoms with Gasteiger partial charge in [0.25, 0.3) is 0 Å². The zero-order chi connectivity index (χ0) is 16.7. The summed E-state index contributed by atoms with van der Waals surface area (Å²) in [7, 11) is 0. The Morgan fingerprint density at radius 1 is 1.38 bits per heavy atom. The monoisotopic (exact) mass is 338 g/mol. The minimum Gasteiger partial charge on any atom is -0.384 e. The molecule has 7 heteroatoms. The van der Waals surface area contributed by atoms with Crippen molar-refractivity contribution in [3.63, 3.8) is 0 Å². The first-order valence-electron chi connectivity index (χ1n) is 7.32. The molecule has 1 aliphatic rings. The minimum absolute atomic E-state index is 0.153. The van der Waals surface area contributed by atoms with Gasteiger partial charge in [-0.15, -0.1) is 11.3 Å². The van der Waals surface area contributed by atoms with Crippen molar-refractivity contribution in [2.75, 3.05) is 11.9 Å². The Hall–Kier alpha value is -2.98. The van der Waals surface area contributed by atoms with E-state index in [1.165, 1.54) is 29.7 Å². The second-order valence-corrected chi connectivity index (χ2v) is 6.47. The zero-order valence-corrected chi connectivity index (χ0v) is 13.2. The Labute approximate surface area is 140 Å². The number of benzene rings is 1. The lowest BCUT2D eigenvalue weighted by molar-refractivity contribution is 0.103. The predicted molar refractivity (Wildman–Crippen MR) is 88.6 cm³/mol. The summed E-state index contributed by atoms with van der Waals surface area (Å²) < 4.78 is 13.5. The average molecular weight is 338 g/mol. The van der Waals surface area contributed by atoms with Gasteiger partial charge in [-0.2, -0.15) is 5.26 Å². The molecule has 24 heavy (non-hydrogen) atoms. The molecule has 0 unspecified atom stereocenters. The van der Waals surface area contributed by atoms with Crippen molar-refractivity contribution in [2.45, 2.75) is 6.42 Å². The number of thiophene rings is 1. The molecule has 0 aliphatic carbocycles. The molecule has 0 saturated carbocycles. The van der Waals surface area contributed by atoms with Gasteiger partial charge in [0.1, 0.15) is 17.6 Å². The van der Waals surface area contributed by atoms with Crippen LogP contribution in [0.5, 0.6) is 0 Å². The van der Waals surface area contributed by atoms with Crippen molar-refractivity contribution in [1.82, 2.24) is 9.97 Å². The number of hydrogen-bond donors (Lipinski definition) is 2. The van der Waals surface area contributed by atoms with Crippen molar-refractivity contribution < 1.29 is 9.18 Å². The van der Waals surface area contributed by atoms with Gasteiger partial charge < -0.3 is 10.3 Å². The Morgan fingerprint density at radius 2 is 2.25 bits per heavy atom. The molecule has 4 rings (SSSR count). The van der Waals surface area contributed by atoms with Crippen molar-refractivity contribution in [2.24, 2.45) is 0 Å². The zero-order valence-electron chi connectivity index (χ0n) is 12.4. The fourth-order valence-corrected chi connectivity index (χ4v) is 3.95. The maximum atomic E-state index is 13.5. The minimum atomic E-state index is -0.294. The summed E-state index contributed by atoms with van der Waals surface area (Å²) in [6.45, 7) is 0.674. The van der Waals surface area contributed by atoms with E-state index in [9.17, 15) is 9.18 Å². The lowest BCUT2D eigenvalue weighted by Crippen LogP contribution is -2.03. The summed E-state index contributed by atoms with van der Waals surface area (Å²) in [5, 5.41) is 12.0. The van der Waals surface area contributed by atoms with Crippen LogP contribution < -0.4 is 5.32 Å². The fraction of sp³-hybridized carbons (Fsp3) is 0.118. The molecule has 0 spiro atoms. The number of hydrogen-bond acceptors (Lipinski definition) is 5. The molecule has 1 aromatic carbocycles. The highest BCUT2D eigenvalue weighted by Gasteiger charge is 2.22. The van der Waals surface area contributed by atoms with Crippen LogP contribution in [0.25, 0.3) is 10.4 Å². The summed E-state index contributed by atoms with van der Waals surface area (Å²) in [6.07, 6.45) is 2.09. The number of carbonyl (C=O) groups is 1. The lowest BCUT2D eigenvalue weighted by atomic mass is 10.1. The third kappa shape index (κ3) is 2.37. The first-order chi connectivity index (χ1) is 11.7. The van der Waals surface area contributed by atoms with E-state index in [4.69, 9.17) is 5.26 Å². The van der Waals surface area contributed by atoms with Crippen molar-refractivity contribution in [3.05, 3.63) is 58.2 Å². The van der Waals surface area contributed by atoms with E-state index in [-0.39, 0.29) is 23.1 Å². The van der Waals surface area contributed by atoms with E-state index in [0.29, 0.717) is 11.4 Å². The van der Waals surface area contributed by atoms with Crippen LogP contribution in [0.4, 0.5) is 10.1 Å². The first-order valence-corrected chi connectivity index (χ1v) is 8.13. The fourth-order valence-electron chi connectivity index (χ4n) is 2.76. The standard InChI is InChI=1S/C17H11FN4OS/c18-10-1-2-12-13(6-10)20-4-3-9-5-14(24-16(9)12)15(23)17-21-8-11(7-19)22-17/h1-2,5-6,8,20H,3-4H2,(H,21,22). The molecule has 118 valence electrons. The number of nitrogens with zero attached hydrogens (tertiary/aromatic N) is 2. The molecule has 2 aromatic heterocycles. The van der Waals surface area contributed by atoms with Gasteiger partial charge in [0.15, 0.2) is 5.82 Å². The molecule has 0 saturated heterocycles. The summed E-state index contributed by atoms with van der Waals surface area (Å²) >= 11 is 1.36. The highest BCUT2D eigenvalue weighted by molar-refractivity contribution is 7.17. The number of rotatable bonds is 2. The Morgan fingerprint density at radius 3 is 3.04 bits per heavy atom. The summed E-state index contributed by atoms with van der Waals surface area (Å²) in [5.41, 5.74) is 2.93. The van der Waals surface area contributed by atoms with Gasteiger partial charge >= 0.3 is 0 Å². The molecule has 0 amide bonds. The van der Waals surface area contributed by atoms with Crippen molar-refractivity contribution in [1.29, 1.82) is 5.26 Å². The van der Waals surface area contributed by atoms with Gasteiger partial charge in [0.05, 0.1) is 11.1 Å². The number of carbonyl (C=O) groups excluding carboxylic acids is 1. The van der Waals surface area contributed by atoms with Gasteiger partial charge in [-0.1, -0.05) is 0 Å². The predicted octanol–water partition coefficient (Wildman–Crippen LogP) is 3.35. The molecule has 1 aliphatic heterocycles. The summed E-state index contributed by atoms with van der Waals surface area (Å²) in [5.74, 6) is -0.385. The number of ketones is 1. The van der Waals surface area contributed by atoms with E-state index in [1.54, 1.807) is 6.07 Å². The molecule has 3 heterocycles. The van der Waals surface area contributed by atoms with Crippen LogP contribution in [0, 0.1) is 17.1 Å². The SMILES string of the molecule is N#Cc1cnc(C(=O)c2cc3c(s2)-c2ccc(F)cc2NCC3)[nH]1. The Balaban J connectivity index is 1.77. The molecular formula is C17H11FN4OS. The van der Waals surface area contributed by atoms with Crippen molar-refractivity contribution in [3.8, 4) is 16.5 Å². The van der Waals surface area contributed by atoms with E-state index in [1.807, 2.05) is 12.1 Å². The van der Waals surface area contributed by atoms with E-state index in [2.05, 4.69) is 15.3 Å². The molecule has 5 nitrogen and oxygen atoms in total. The second kappa shape index (κ2) is 5.58. The molecule has 0 atom stereocenters. The van der Waals surface area contributed by atoms with Crippen molar-refractivity contribution >= 4 is 22.8 Å². The highest BCUT2D eigenvalue weighted by atomic mass is 32.1. The van der Waals surface area contributed by atoms with Crippen LogP contribution in [0.2, 0.25) is 0 Å². The maximum Gasteiger partial charge on any atom is 0.238 e. The molecular weight excluding hydrogens is 327 g/mol. The van der Waals surface area contributed by atoms with Gasteiger partial charge in [-0.05, 0) is 36.2 Å². The largest absolute Gasteiger partial charge is 0.384 e. The van der Waals surface area contributed by atoms with Crippen LogP contribution in [-0.4, -0.2) is 22.3 Å². The number of nitriles is 1. The molecule has 0 radical (unpaired) electrons. The number of aromatic nitrogens is 2. The van der Waals surface area contributed by atoms with E-state index < -0.39 is 0 Å².